The number of fused-ring (bicyclic) bond motifs is 1. The quantitative estimate of drug-likeness (QED) is 0.925. The molecule has 1 aliphatic rings. The highest BCUT2D eigenvalue weighted by atomic mass is 35.5. The second-order valence-electron chi connectivity index (χ2n) is 5.49. The van der Waals surface area contributed by atoms with Crippen molar-refractivity contribution < 1.29 is 9.90 Å². The van der Waals surface area contributed by atoms with E-state index in [0.717, 1.165) is 37.0 Å². The first-order valence-corrected chi connectivity index (χ1v) is 7.39. The van der Waals surface area contributed by atoms with Crippen LogP contribution in [0.1, 0.15) is 37.4 Å². The van der Waals surface area contributed by atoms with Crippen molar-refractivity contribution in [1.82, 2.24) is 19.3 Å². The molecule has 1 aliphatic carbocycles. The number of halogens is 1. The summed E-state index contributed by atoms with van der Waals surface area (Å²) in [5.41, 5.74) is 0.818. The molecule has 1 fully saturated rings. The van der Waals surface area contributed by atoms with Gasteiger partial charge in [-0.15, -0.1) is 0 Å². The Morgan fingerprint density at radius 2 is 2.10 bits per heavy atom. The van der Waals surface area contributed by atoms with Crippen LogP contribution in [-0.2, 0) is 0 Å². The molecule has 6 nitrogen and oxygen atoms in total. The van der Waals surface area contributed by atoms with Gasteiger partial charge < -0.3 is 10.0 Å². The molecule has 112 valence electrons. The van der Waals surface area contributed by atoms with Gasteiger partial charge in [-0.3, -0.25) is 4.40 Å². The Labute approximate surface area is 127 Å². The van der Waals surface area contributed by atoms with Gasteiger partial charge in [-0.1, -0.05) is 11.6 Å². The van der Waals surface area contributed by atoms with Gasteiger partial charge in [-0.05, 0) is 25.7 Å². The number of rotatable bonds is 2. The van der Waals surface area contributed by atoms with Crippen molar-refractivity contribution in [3.8, 4) is 0 Å². The van der Waals surface area contributed by atoms with E-state index in [-0.39, 0.29) is 6.04 Å². The van der Waals surface area contributed by atoms with E-state index in [4.69, 9.17) is 16.7 Å². The molecule has 0 saturated heterocycles. The fourth-order valence-electron chi connectivity index (χ4n) is 3.10. The highest BCUT2D eigenvalue weighted by Crippen LogP contribution is 2.34. The van der Waals surface area contributed by atoms with Gasteiger partial charge >= 0.3 is 6.09 Å². The molecule has 0 spiro atoms. The Balaban J connectivity index is 1.77. The van der Waals surface area contributed by atoms with E-state index in [1.165, 1.54) is 4.90 Å². The van der Waals surface area contributed by atoms with Gasteiger partial charge in [0.2, 0.25) is 0 Å². The third kappa shape index (κ3) is 2.55. The Morgan fingerprint density at radius 3 is 2.76 bits per heavy atom. The molecule has 2 heterocycles. The van der Waals surface area contributed by atoms with Crippen LogP contribution in [0.25, 0.3) is 5.52 Å². The predicted octanol–water partition coefficient (Wildman–Crippen LogP) is 3.02. The van der Waals surface area contributed by atoms with Crippen LogP contribution in [0.2, 0.25) is 5.15 Å². The minimum Gasteiger partial charge on any atom is -0.465 e. The summed E-state index contributed by atoms with van der Waals surface area (Å²) in [6.07, 6.45) is 8.02. The van der Waals surface area contributed by atoms with Gasteiger partial charge in [0.15, 0.2) is 5.15 Å². The molecule has 3 rings (SSSR count). The second-order valence-corrected chi connectivity index (χ2v) is 5.85. The zero-order valence-corrected chi connectivity index (χ0v) is 12.5. The standard InChI is InChI=1S/C14H17ClN4O2/c1-18(14(20)21)10-4-2-9(3-5-10)13-17-8-11-12(15)16-6-7-19(11)13/h6-10H,2-5H2,1H3,(H,20,21)/t9-,10-. The third-order valence-corrected chi connectivity index (χ3v) is 4.64. The van der Waals surface area contributed by atoms with E-state index in [1.807, 2.05) is 10.6 Å². The summed E-state index contributed by atoms with van der Waals surface area (Å²) in [7, 11) is 1.64. The number of carbonyl (C=O) groups is 1. The Morgan fingerprint density at radius 1 is 1.38 bits per heavy atom. The van der Waals surface area contributed by atoms with Crippen molar-refractivity contribution in [1.29, 1.82) is 0 Å². The first-order chi connectivity index (χ1) is 10.1. The summed E-state index contributed by atoms with van der Waals surface area (Å²) in [6.45, 7) is 0. The zero-order valence-electron chi connectivity index (χ0n) is 11.7. The van der Waals surface area contributed by atoms with Crippen molar-refractivity contribution in [3.05, 3.63) is 29.6 Å². The highest BCUT2D eigenvalue weighted by Gasteiger charge is 2.29. The number of carboxylic acid groups (broad SMARTS) is 1. The first-order valence-electron chi connectivity index (χ1n) is 7.01. The lowest BCUT2D eigenvalue weighted by molar-refractivity contribution is 0.123. The van der Waals surface area contributed by atoms with Gasteiger partial charge in [-0.25, -0.2) is 14.8 Å². The van der Waals surface area contributed by atoms with Crippen molar-refractivity contribution in [3.63, 3.8) is 0 Å². The summed E-state index contributed by atoms with van der Waals surface area (Å²) >= 11 is 6.06. The third-order valence-electron chi connectivity index (χ3n) is 4.35. The van der Waals surface area contributed by atoms with Gasteiger partial charge in [0, 0.05) is 31.4 Å². The van der Waals surface area contributed by atoms with E-state index in [9.17, 15) is 4.79 Å². The van der Waals surface area contributed by atoms with Crippen molar-refractivity contribution in [2.75, 3.05) is 7.05 Å². The number of hydrogen-bond acceptors (Lipinski definition) is 3. The number of hydrogen-bond donors (Lipinski definition) is 1. The molecule has 0 bridgehead atoms. The summed E-state index contributed by atoms with van der Waals surface area (Å²) < 4.78 is 1.99. The van der Waals surface area contributed by atoms with Crippen LogP contribution in [0.5, 0.6) is 0 Å². The smallest absolute Gasteiger partial charge is 0.407 e. The minimum absolute atomic E-state index is 0.107. The molecule has 0 aromatic carbocycles. The Kier molecular flexibility index (Phi) is 3.71. The topological polar surface area (TPSA) is 70.7 Å². The van der Waals surface area contributed by atoms with E-state index < -0.39 is 6.09 Å². The maximum Gasteiger partial charge on any atom is 0.407 e. The summed E-state index contributed by atoms with van der Waals surface area (Å²) in [6, 6.07) is 0.107. The van der Waals surface area contributed by atoms with Crippen LogP contribution in [0.4, 0.5) is 4.79 Å². The molecule has 0 radical (unpaired) electrons. The van der Waals surface area contributed by atoms with Gasteiger partial charge in [0.1, 0.15) is 11.3 Å². The average Bonchev–Trinajstić information content (AvgIpc) is 2.92. The number of amides is 1. The van der Waals surface area contributed by atoms with E-state index >= 15 is 0 Å². The van der Waals surface area contributed by atoms with Crippen LogP contribution >= 0.6 is 11.6 Å². The molecule has 1 N–H and O–H groups in total. The minimum atomic E-state index is -0.859. The largest absolute Gasteiger partial charge is 0.465 e. The fourth-order valence-corrected chi connectivity index (χ4v) is 3.29. The van der Waals surface area contributed by atoms with Crippen LogP contribution < -0.4 is 0 Å². The van der Waals surface area contributed by atoms with Gasteiger partial charge in [-0.2, -0.15) is 0 Å². The van der Waals surface area contributed by atoms with Crippen LogP contribution in [0.3, 0.4) is 0 Å². The molecule has 1 amide bonds. The summed E-state index contributed by atoms with van der Waals surface area (Å²) in [5.74, 6) is 1.33. The maximum atomic E-state index is 11.0. The lowest BCUT2D eigenvalue weighted by atomic mass is 9.85. The molecule has 1 saturated carbocycles. The first kappa shape index (κ1) is 14.1. The van der Waals surface area contributed by atoms with Crippen molar-refractivity contribution in [2.45, 2.75) is 37.6 Å². The molecular formula is C14H17ClN4O2. The molecule has 0 unspecified atom stereocenters. The average molecular weight is 309 g/mol. The molecule has 2 aromatic heterocycles. The van der Waals surface area contributed by atoms with Crippen molar-refractivity contribution >= 4 is 23.2 Å². The maximum absolute atomic E-state index is 11.0. The van der Waals surface area contributed by atoms with Gasteiger partial charge in [0.05, 0.1) is 6.20 Å². The monoisotopic (exact) mass is 308 g/mol. The summed E-state index contributed by atoms with van der Waals surface area (Å²) in [4.78, 5) is 21.0. The Bertz CT molecular complexity index is 664. The second kappa shape index (κ2) is 5.52. The van der Waals surface area contributed by atoms with Crippen LogP contribution in [0.15, 0.2) is 18.6 Å². The van der Waals surface area contributed by atoms with E-state index in [0.29, 0.717) is 11.1 Å². The molecule has 2 aromatic rings. The van der Waals surface area contributed by atoms with Gasteiger partial charge in [0.25, 0.3) is 0 Å². The number of nitrogens with zero attached hydrogens (tertiary/aromatic N) is 4. The van der Waals surface area contributed by atoms with Crippen LogP contribution in [-0.4, -0.2) is 43.6 Å². The number of imidazole rings is 1. The predicted molar refractivity (Wildman–Crippen MR) is 78.8 cm³/mol. The van der Waals surface area contributed by atoms with E-state index in [1.54, 1.807) is 19.4 Å². The fraction of sp³-hybridized carbons (Fsp3) is 0.500. The molecule has 0 atom stereocenters. The van der Waals surface area contributed by atoms with Crippen LogP contribution in [0, 0.1) is 0 Å². The Hall–Kier alpha value is -1.82. The molecule has 0 aliphatic heterocycles. The SMILES string of the molecule is CN(C(=O)O)[C@H]1CC[C@H](c2ncc3c(Cl)nccn32)CC1. The number of aromatic nitrogens is 3. The van der Waals surface area contributed by atoms with Crippen molar-refractivity contribution in [2.24, 2.45) is 0 Å². The molecular weight excluding hydrogens is 292 g/mol. The van der Waals surface area contributed by atoms with E-state index in [2.05, 4.69) is 9.97 Å². The normalized spacial score (nSPS) is 22.4. The summed E-state index contributed by atoms with van der Waals surface area (Å²) in [5, 5.41) is 9.50. The highest BCUT2D eigenvalue weighted by molar-refractivity contribution is 6.32. The molecule has 21 heavy (non-hydrogen) atoms. The lowest BCUT2D eigenvalue weighted by Gasteiger charge is -2.32. The molecule has 7 heteroatoms. The zero-order chi connectivity index (χ0) is 15.0. The lowest BCUT2D eigenvalue weighted by Crippen LogP contribution is -2.38.